The third-order valence-electron chi connectivity index (χ3n) is 8.72. The molecule has 2 atom stereocenters. The molecule has 0 radical (unpaired) electrons. The molecule has 322 valence electrons. The van der Waals surface area contributed by atoms with Crippen LogP contribution in [0.4, 0.5) is 0 Å². The number of carbonyl (C=O) groups excluding carboxylic acids is 2. The zero-order valence-corrected chi connectivity index (χ0v) is 36.9. The van der Waals surface area contributed by atoms with Gasteiger partial charge in [0.2, 0.25) is 0 Å². The quantitative estimate of drug-likeness (QED) is 0.0199. The molecule has 56 heavy (non-hydrogen) atoms. The number of phosphoric ester groups is 1. The maximum Gasteiger partial charge on any atom is 0.306 e. The Labute approximate surface area is 342 Å². The minimum Gasteiger partial charge on any atom is -0.756 e. The van der Waals surface area contributed by atoms with Gasteiger partial charge in [-0.05, 0) is 70.6 Å². The van der Waals surface area contributed by atoms with Crippen LogP contribution in [-0.4, -0.2) is 70.0 Å². The number of quaternary nitrogens is 1. The van der Waals surface area contributed by atoms with Crippen LogP contribution in [0.5, 0.6) is 0 Å². The fourth-order valence-corrected chi connectivity index (χ4v) is 6.07. The smallest absolute Gasteiger partial charge is 0.306 e. The minimum atomic E-state index is -4.64. The second-order valence-electron chi connectivity index (χ2n) is 15.3. The highest BCUT2D eigenvalue weighted by Gasteiger charge is 2.21. The summed E-state index contributed by atoms with van der Waals surface area (Å²) in [5.74, 6) is -0.936. The predicted octanol–water partition coefficient (Wildman–Crippen LogP) is 11.6. The van der Waals surface area contributed by atoms with Crippen LogP contribution in [0.2, 0.25) is 0 Å². The van der Waals surface area contributed by atoms with Gasteiger partial charge in [-0.1, -0.05) is 145 Å². The van der Waals surface area contributed by atoms with Gasteiger partial charge in [-0.25, -0.2) is 0 Å². The third kappa shape index (κ3) is 41.1. The summed E-state index contributed by atoms with van der Waals surface area (Å²) in [6.45, 7) is 4.00. The van der Waals surface area contributed by atoms with Crippen LogP contribution in [0.1, 0.15) is 155 Å². The van der Waals surface area contributed by atoms with E-state index in [-0.39, 0.29) is 26.1 Å². The Morgan fingerprint density at radius 3 is 1.59 bits per heavy atom. The normalized spacial score (nSPS) is 14.3. The summed E-state index contributed by atoms with van der Waals surface area (Å²) in [5.41, 5.74) is 0. The van der Waals surface area contributed by atoms with E-state index in [0.29, 0.717) is 23.9 Å². The van der Waals surface area contributed by atoms with Crippen LogP contribution >= 0.6 is 7.82 Å². The van der Waals surface area contributed by atoms with Gasteiger partial charge in [-0.3, -0.25) is 14.2 Å². The van der Waals surface area contributed by atoms with Crippen LogP contribution in [0.15, 0.2) is 72.9 Å². The number of carbonyl (C=O) groups is 2. The van der Waals surface area contributed by atoms with Gasteiger partial charge in [0.25, 0.3) is 7.82 Å². The zero-order valence-electron chi connectivity index (χ0n) is 36.1. The highest BCUT2D eigenvalue weighted by atomic mass is 31.2. The Morgan fingerprint density at radius 2 is 1.05 bits per heavy atom. The molecule has 10 heteroatoms. The van der Waals surface area contributed by atoms with E-state index in [1.165, 1.54) is 38.5 Å². The summed E-state index contributed by atoms with van der Waals surface area (Å²) in [6, 6.07) is 0. The lowest BCUT2D eigenvalue weighted by atomic mass is 10.1. The molecular formula is C46H80NO8P. The minimum absolute atomic E-state index is 0.0461. The topological polar surface area (TPSA) is 111 Å². The van der Waals surface area contributed by atoms with Crippen molar-refractivity contribution in [3.05, 3.63) is 72.9 Å². The molecule has 0 aromatic carbocycles. The fraction of sp³-hybridized carbons (Fsp3) is 0.696. The van der Waals surface area contributed by atoms with Crippen molar-refractivity contribution in [1.82, 2.24) is 0 Å². The maximum absolute atomic E-state index is 12.6. The van der Waals surface area contributed by atoms with Crippen molar-refractivity contribution in [3.8, 4) is 0 Å². The van der Waals surface area contributed by atoms with E-state index < -0.39 is 32.5 Å². The second kappa shape index (κ2) is 38.0. The Morgan fingerprint density at radius 1 is 0.571 bits per heavy atom. The second-order valence-corrected chi connectivity index (χ2v) is 16.7. The molecule has 0 aromatic heterocycles. The largest absolute Gasteiger partial charge is 0.756 e. The first kappa shape index (κ1) is 53.5. The number of likely N-dealkylation sites (N-methyl/N-ethyl adjacent to an activating group) is 1. The van der Waals surface area contributed by atoms with Crippen molar-refractivity contribution in [3.63, 3.8) is 0 Å². The number of allylic oxidation sites excluding steroid dienone is 12. The number of esters is 2. The SMILES string of the molecule is CC/C=C/C/C=C/C/C=C/C/C=C/CCCCCCCCC(=O)OCC(COP(=O)([O-])OCC[N+](C)(C)C)OC(=O)CC/C=C/C/C=C/CCCCCCCC. The van der Waals surface area contributed by atoms with Gasteiger partial charge >= 0.3 is 11.9 Å². The van der Waals surface area contributed by atoms with Crippen molar-refractivity contribution in [2.45, 2.75) is 161 Å². The van der Waals surface area contributed by atoms with E-state index in [2.05, 4.69) is 74.6 Å². The predicted molar refractivity (Wildman–Crippen MR) is 231 cm³/mol. The number of unbranched alkanes of at least 4 members (excludes halogenated alkanes) is 12. The lowest BCUT2D eigenvalue weighted by Gasteiger charge is -2.28. The van der Waals surface area contributed by atoms with Crippen LogP contribution in [0.3, 0.4) is 0 Å². The molecule has 0 spiro atoms. The number of hydrogen-bond donors (Lipinski definition) is 0. The van der Waals surface area contributed by atoms with Crippen LogP contribution < -0.4 is 4.89 Å². The monoisotopic (exact) mass is 806 g/mol. The molecule has 0 fully saturated rings. The summed E-state index contributed by atoms with van der Waals surface area (Å²) in [5, 5.41) is 0. The third-order valence-corrected chi connectivity index (χ3v) is 9.69. The molecule has 0 heterocycles. The van der Waals surface area contributed by atoms with Gasteiger partial charge < -0.3 is 27.9 Å². The van der Waals surface area contributed by atoms with Gasteiger partial charge in [0.1, 0.15) is 19.8 Å². The van der Waals surface area contributed by atoms with E-state index in [1.807, 2.05) is 33.3 Å². The average molecular weight is 806 g/mol. The van der Waals surface area contributed by atoms with Crippen LogP contribution in [0.25, 0.3) is 0 Å². The lowest BCUT2D eigenvalue weighted by Crippen LogP contribution is -2.37. The van der Waals surface area contributed by atoms with Crippen molar-refractivity contribution in [2.75, 3.05) is 47.5 Å². The van der Waals surface area contributed by atoms with E-state index in [4.69, 9.17) is 18.5 Å². The molecular weight excluding hydrogens is 725 g/mol. The Bertz CT molecular complexity index is 1180. The van der Waals surface area contributed by atoms with Crippen LogP contribution in [0, 0.1) is 0 Å². The van der Waals surface area contributed by atoms with E-state index in [0.717, 1.165) is 77.0 Å². The van der Waals surface area contributed by atoms with Gasteiger partial charge in [0.15, 0.2) is 6.10 Å². The van der Waals surface area contributed by atoms with Gasteiger partial charge in [-0.15, -0.1) is 0 Å². The summed E-state index contributed by atoms with van der Waals surface area (Å²) in [6.07, 6.45) is 46.6. The maximum atomic E-state index is 12.6. The number of hydrogen-bond acceptors (Lipinski definition) is 8. The molecule has 0 aromatic rings. The van der Waals surface area contributed by atoms with Crippen molar-refractivity contribution >= 4 is 19.8 Å². The average Bonchev–Trinajstić information content (AvgIpc) is 3.15. The Hall–Kier alpha value is -2.55. The molecule has 0 bridgehead atoms. The van der Waals surface area contributed by atoms with E-state index in [9.17, 15) is 19.0 Å². The van der Waals surface area contributed by atoms with Crippen molar-refractivity contribution in [1.29, 1.82) is 0 Å². The summed E-state index contributed by atoms with van der Waals surface area (Å²) in [7, 11) is 1.11. The number of phosphoric acid groups is 1. The molecule has 2 unspecified atom stereocenters. The summed E-state index contributed by atoms with van der Waals surface area (Å²) < 4.78 is 33.8. The fourth-order valence-electron chi connectivity index (χ4n) is 5.34. The van der Waals surface area contributed by atoms with E-state index in [1.54, 1.807) is 0 Å². The van der Waals surface area contributed by atoms with Crippen molar-refractivity contribution < 1.29 is 42.1 Å². The number of nitrogens with zero attached hydrogens (tertiary/aromatic N) is 1. The molecule has 0 aliphatic rings. The molecule has 0 aliphatic heterocycles. The molecule has 0 saturated carbocycles. The first-order valence-corrected chi connectivity index (χ1v) is 23.1. The molecule has 0 saturated heterocycles. The van der Waals surface area contributed by atoms with Gasteiger partial charge in [0.05, 0.1) is 27.7 Å². The molecule has 0 N–H and O–H groups in total. The Balaban J connectivity index is 4.44. The highest BCUT2D eigenvalue weighted by Crippen LogP contribution is 2.38. The molecule has 0 rings (SSSR count). The molecule has 0 aliphatic carbocycles. The number of rotatable bonds is 38. The Kier molecular flexibility index (Phi) is 36.3. The zero-order chi connectivity index (χ0) is 41.4. The standard InChI is InChI=1S/C46H80NO8P/c1-6-8-10-12-14-16-18-20-21-22-23-24-25-27-28-30-32-34-36-38-45(48)52-42-44(43-54-56(50,51)53-41-40-47(3,4)5)55-46(49)39-37-35-33-31-29-26-19-17-15-13-11-9-7-2/h8,10,14,16,20-21,23-24,26,29,33,35,44H,6-7,9,11-13,15,17-19,22,25,27-28,30-32,34,36-43H2,1-5H3/b10-8+,16-14+,21-20+,24-23+,29-26+,35-33+. The number of ether oxygens (including phenoxy) is 2. The van der Waals surface area contributed by atoms with Crippen LogP contribution in [-0.2, 0) is 32.7 Å². The van der Waals surface area contributed by atoms with Crippen molar-refractivity contribution in [2.24, 2.45) is 0 Å². The molecule has 9 nitrogen and oxygen atoms in total. The first-order chi connectivity index (χ1) is 27.0. The van der Waals surface area contributed by atoms with Gasteiger partial charge in [-0.2, -0.15) is 0 Å². The lowest BCUT2D eigenvalue weighted by molar-refractivity contribution is -0.870. The summed E-state index contributed by atoms with van der Waals surface area (Å²) >= 11 is 0. The van der Waals surface area contributed by atoms with E-state index >= 15 is 0 Å². The molecule has 0 amide bonds. The van der Waals surface area contributed by atoms with Gasteiger partial charge in [0, 0.05) is 12.8 Å². The first-order valence-electron chi connectivity index (χ1n) is 21.6. The summed E-state index contributed by atoms with van der Waals surface area (Å²) in [4.78, 5) is 37.4. The highest BCUT2D eigenvalue weighted by molar-refractivity contribution is 7.45.